The molecular formula is C22H25F2N3O3. The van der Waals surface area contributed by atoms with Crippen LogP contribution in [0.2, 0.25) is 0 Å². The Bertz CT molecular complexity index is 868. The molecule has 1 heterocycles. The molecule has 30 heavy (non-hydrogen) atoms. The molecule has 1 aliphatic rings. The van der Waals surface area contributed by atoms with E-state index in [1.165, 1.54) is 24.3 Å². The predicted molar refractivity (Wildman–Crippen MR) is 108 cm³/mol. The second kappa shape index (κ2) is 10.2. The lowest BCUT2D eigenvalue weighted by atomic mass is 9.74. The largest absolute Gasteiger partial charge is 0.381 e. The van der Waals surface area contributed by atoms with E-state index in [-0.39, 0.29) is 30.6 Å². The first-order valence-corrected chi connectivity index (χ1v) is 9.83. The number of amides is 3. The van der Waals surface area contributed by atoms with Crippen molar-refractivity contribution in [2.45, 2.75) is 24.8 Å². The van der Waals surface area contributed by atoms with Crippen LogP contribution in [-0.4, -0.2) is 38.2 Å². The fourth-order valence-electron chi connectivity index (χ4n) is 3.49. The van der Waals surface area contributed by atoms with Gasteiger partial charge in [0.25, 0.3) is 0 Å². The molecular weight excluding hydrogens is 392 g/mol. The summed E-state index contributed by atoms with van der Waals surface area (Å²) in [6.07, 6.45) is 1.34. The van der Waals surface area contributed by atoms with Gasteiger partial charge in [0.1, 0.15) is 11.6 Å². The summed E-state index contributed by atoms with van der Waals surface area (Å²) in [6, 6.07) is 11.7. The monoisotopic (exact) mass is 417 g/mol. The minimum absolute atomic E-state index is 0.190. The molecule has 2 aromatic carbocycles. The van der Waals surface area contributed by atoms with Crippen LogP contribution in [0.25, 0.3) is 0 Å². The number of ether oxygens (including phenoxy) is 1. The Balaban J connectivity index is 1.47. The molecule has 0 spiro atoms. The molecule has 3 rings (SSSR count). The van der Waals surface area contributed by atoms with Crippen molar-refractivity contribution in [2.75, 3.05) is 26.3 Å². The number of urea groups is 1. The quantitative estimate of drug-likeness (QED) is 0.648. The van der Waals surface area contributed by atoms with Crippen molar-refractivity contribution < 1.29 is 23.1 Å². The fraction of sp³-hybridized carbons (Fsp3) is 0.364. The highest BCUT2D eigenvalue weighted by atomic mass is 19.1. The normalized spacial score (nSPS) is 15.3. The minimum Gasteiger partial charge on any atom is -0.381 e. The number of hydrogen-bond acceptors (Lipinski definition) is 3. The highest BCUT2D eigenvalue weighted by molar-refractivity contribution is 5.83. The summed E-state index contributed by atoms with van der Waals surface area (Å²) in [5.41, 5.74) is 1.17. The standard InChI is InChI=1S/C22H25F2N3O3/c23-18-6-4-16(5-7-18)13-25-21(29)26-14-20(28)27-15-22(8-10-30-11-9-22)17-2-1-3-19(24)12-17/h1-7,12H,8-11,13-15H2,(H,27,28)(H2,25,26,29). The van der Waals surface area contributed by atoms with Crippen molar-refractivity contribution in [3.05, 3.63) is 71.3 Å². The molecule has 0 saturated carbocycles. The molecule has 3 amide bonds. The van der Waals surface area contributed by atoms with Gasteiger partial charge in [-0.25, -0.2) is 13.6 Å². The third-order valence-corrected chi connectivity index (χ3v) is 5.29. The summed E-state index contributed by atoms with van der Waals surface area (Å²) in [5.74, 6) is -1.00. The molecule has 8 heteroatoms. The van der Waals surface area contributed by atoms with Crippen LogP contribution in [0.1, 0.15) is 24.0 Å². The molecule has 0 bridgehead atoms. The Kier molecular flexibility index (Phi) is 7.35. The highest BCUT2D eigenvalue weighted by Crippen LogP contribution is 2.34. The lowest BCUT2D eigenvalue weighted by molar-refractivity contribution is -0.120. The van der Waals surface area contributed by atoms with Crippen molar-refractivity contribution in [1.29, 1.82) is 0 Å². The summed E-state index contributed by atoms with van der Waals surface area (Å²) in [5, 5.41) is 7.95. The molecule has 160 valence electrons. The zero-order valence-corrected chi connectivity index (χ0v) is 16.5. The van der Waals surface area contributed by atoms with Gasteiger partial charge >= 0.3 is 6.03 Å². The van der Waals surface area contributed by atoms with Crippen molar-refractivity contribution in [3.63, 3.8) is 0 Å². The van der Waals surface area contributed by atoms with Crippen LogP contribution in [0.15, 0.2) is 48.5 Å². The summed E-state index contributed by atoms with van der Waals surface area (Å²) < 4.78 is 32.1. The van der Waals surface area contributed by atoms with Gasteiger partial charge in [-0.1, -0.05) is 24.3 Å². The molecule has 2 aromatic rings. The van der Waals surface area contributed by atoms with E-state index >= 15 is 0 Å². The maximum atomic E-state index is 13.7. The first-order chi connectivity index (χ1) is 14.5. The van der Waals surface area contributed by atoms with Crippen LogP contribution in [0.4, 0.5) is 13.6 Å². The van der Waals surface area contributed by atoms with E-state index in [9.17, 15) is 18.4 Å². The molecule has 0 unspecified atom stereocenters. The van der Waals surface area contributed by atoms with Gasteiger partial charge in [0.15, 0.2) is 0 Å². The first-order valence-electron chi connectivity index (χ1n) is 9.83. The van der Waals surface area contributed by atoms with Gasteiger partial charge < -0.3 is 20.7 Å². The Morgan fingerprint density at radius 2 is 1.67 bits per heavy atom. The van der Waals surface area contributed by atoms with Gasteiger partial charge in [-0.3, -0.25) is 4.79 Å². The number of nitrogens with one attached hydrogen (secondary N) is 3. The summed E-state index contributed by atoms with van der Waals surface area (Å²) >= 11 is 0. The Morgan fingerprint density at radius 3 is 2.37 bits per heavy atom. The molecule has 3 N–H and O–H groups in total. The van der Waals surface area contributed by atoms with Gasteiger partial charge in [0, 0.05) is 31.7 Å². The van der Waals surface area contributed by atoms with Gasteiger partial charge in [-0.2, -0.15) is 0 Å². The number of carbonyl (C=O) groups excluding carboxylic acids is 2. The maximum Gasteiger partial charge on any atom is 0.315 e. The average molecular weight is 417 g/mol. The van der Waals surface area contributed by atoms with Crippen LogP contribution < -0.4 is 16.0 Å². The number of rotatable bonds is 7. The van der Waals surface area contributed by atoms with Crippen LogP contribution in [0, 0.1) is 11.6 Å². The average Bonchev–Trinajstić information content (AvgIpc) is 2.76. The van der Waals surface area contributed by atoms with E-state index in [4.69, 9.17) is 4.74 Å². The lowest BCUT2D eigenvalue weighted by Gasteiger charge is -2.38. The van der Waals surface area contributed by atoms with Crippen molar-refractivity contribution in [1.82, 2.24) is 16.0 Å². The summed E-state index contributed by atoms with van der Waals surface area (Å²) in [7, 11) is 0. The molecule has 0 atom stereocenters. The Morgan fingerprint density at radius 1 is 0.933 bits per heavy atom. The lowest BCUT2D eigenvalue weighted by Crippen LogP contribution is -2.48. The maximum absolute atomic E-state index is 13.7. The number of carbonyl (C=O) groups is 2. The molecule has 1 saturated heterocycles. The number of halogens is 2. The van der Waals surface area contributed by atoms with Crippen LogP contribution in [-0.2, 0) is 21.5 Å². The van der Waals surface area contributed by atoms with Crippen molar-refractivity contribution in [3.8, 4) is 0 Å². The van der Waals surface area contributed by atoms with E-state index in [0.717, 1.165) is 11.1 Å². The summed E-state index contributed by atoms with van der Waals surface area (Å²) in [4.78, 5) is 24.1. The Hall–Kier alpha value is -3.00. The van der Waals surface area contributed by atoms with Crippen LogP contribution >= 0.6 is 0 Å². The van der Waals surface area contributed by atoms with Crippen molar-refractivity contribution in [2.24, 2.45) is 0 Å². The highest BCUT2D eigenvalue weighted by Gasteiger charge is 2.35. The topological polar surface area (TPSA) is 79.5 Å². The molecule has 6 nitrogen and oxygen atoms in total. The molecule has 0 radical (unpaired) electrons. The molecule has 0 aromatic heterocycles. The van der Waals surface area contributed by atoms with Gasteiger partial charge in [-0.05, 0) is 48.2 Å². The molecule has 0 aliphatic carbocycles. The third-order valence-electron chi connectivity index (χ3n) is 5.29. The molecule has 1 aliphatic heterocycles. The van der Waals surface area contributed by atoms with E-state index in [1.807, 2.05) is 6.07 Å². The number of benzene rings is 2. The van der Waals surface area contributed by atoms with Crippen molar-refractivity contribution >= 4 is 11.9 Å². The van der Waals surface area contributed by atoms with Crippen LogP contribution in [0.5, 0.6) is 0 Å². The SMILES string of the molecule is O=C(CNC(=O)NCc1ccc(F)cc1)NCC1(c2cccc(F)c2)CCOCC1. The number of hydrogen-bond donors (Lipinski definition) is 3. The van der Waals surface area contributed by atoms with Gasteiger partial charge in [0.05, 0.1) is 6.54 Å². The van der Waals surface area contributed by atoms with E-state index < -0.39 is 11.4 Å². The second-order valence-electron chi connectivity index (χ2n) is 7.34. The van der Waals surface area contributed by atoms with Gasteiger partial charge in [0.2, 0.25) is 5.91 Å². The minimum atomic E-state index is -0.500. The fourth-order valence-corrected chi connectivity index (χ4v) is 3.49. The molecule has 1 fully saturated rings. The van der Waals surface area contributed by atoms with E-state index in [2.05, 4.69) is 16.0 Å². The zero-order chi connectivity index (χ0) is 21.4. The smallest absolute Gasteiger partial charge is 0.315 e. The predicted octanol–water partition coefficient (Wildman–Crippen LogP) is 2.63. The van der Waals surface area contributed by atoms with Gasteiger partial charge in [-0.15, -0.1) is 0 Å². The first kappa shape index (κ1) is 21.7. The zero-order valence-electron chi connectivity index (χ0n) is 16.5. The van der Waals surface area contributed by atoms with E-state index in [0.29, 0.717) is 32.6 Å². The van der Waals surface area contributed by atoms with Crippen LogP contribution in [0.3, 0.4) is 0 Å². The summed E-state index contributed by atoms with van der Waals surface area (Å²) in [6.45, 7) is 1.44. The Labute approximate surface area is 174 Å². The third kappa shape index (κ3) is 6.00. The second-order valence-corrected chi connectivity index (χ2v) is 7.34. The van der Waals surface area contributed by atoms with E-state index in [1.54, 1.807) is 18.2 Å².